The molecule has 28 heavy (non-hydrogen) atoms. The fourth-order valence-electron chi connectivity index (χ4n) is 2.31. The van der Waals surface area contributed by atoms with Gasteiger partial charge in [0.2, 0.25) is 0 Å². The SMILES string of the molecule is COc1ccc(CNC(=O)C(C)OC(=O)COc2ccccc2F)cc1OC. The van der Waals surface area contributed by atoms with E-state index < -0.39 is 30.4 Å². The predicted molar refractivity (Wildman–Crippen MR) is 98.8 cm³/mol. The second-order valence-electron chi connectivity index (χ2n) is 5.76. The topological polar surface area (TPSA) is 83.1 Å². The van der Waals surface area contributed by atoms with Gasteiger partial charge in [-0.25, -0.2) is 9.18 Å². The van der Waals surface area contributed by atoms with Crippen molar-refractivity contribution < 1.29 is 32.9 Å². The van der Waals surface area contributed by atoms with E-state index in [1.54, 1.807) is 24.3 Å². The molecule has 0 radical (unpaired) electrons. The van der Waals surface area contributed by atoms with Gasteiger partial charge in [-0.05, 0) is 36.8 Å². The maximum Gasteiger partial charge on any atom is 0.344 e. The van der Waals surface area contributed by atoms with E-state index in [2.05, 4.69) is 5.32 Å². The summed E-state index contributed by atoms with van der Waals surface area (Å²) >= 11 is 0. The first-order chi connectivity index (χ1) is 13.4. The number of benzene rings is 2. The smallest absolute Gasteiger partial charge is 0.344 e. The van der Waals surface area contributed by atoms with Gasteiger partial charge in [-0.15, -0.1) is 0 Å². The molecular weight excluding hydrogens is 369 g/mol. The van der Waals surface area contributed by atoms with E-state index >= 15 is 0 Å². The van der Waals surface area contributed by atoms with Crippen molar-refractivity contribution in [1.82, 2.24) is 5.32 Å². The molecule has 0 spiro atoms. The van der Waals surface area contributed by atoms with E-state index in [0.717, 1.165) is 5.56 Å². The summed E-state index contributed by atoms with van der Waals surface area (Å²) in [4.78, 5) is 23.9. The molecule has 150 valence electrons. The third-order valence-electron chi connectivity index (χ3n) is 3.77. The highest BCUT2D eigenvalue weighted by molar-refractivity contribution is 5.83. The molecule has 0 fully saturated rings. The van der Waals surface area contributed by atoms with Crippen LogP contribution in [0.5, 0.6) is 17.2 Å². The van der Waals surface area contributed by atoms with E-state index in [9.17, 15) is 14.0 Å². The van der Waals surface area contributed by atoms with Crippen LogP contribution in [0.3, 0.4) is 0 Å². The molecule has 0 saturated carbocycles. The molecule has 0 heterocycles. The highest BCUT2D eigenvalue weighted by Crippen LogP contribution is 2.27. The molecule has 1 atom stereocenters. The van der Waals surface area contributed by atoms with E-state index in [1.807, 2.05) is 0 Å². The molecule has 8 heteroatoms. The predicted octanol–water partition coefficient (Wildman–Crippen LogP) is 2.47. The Morgan fingerprint density at radius 2 is 1.75 bits per heavy atom. The van der Waals surface area contributed by atoms with E-state index in [0.29, 0.717) is 11.5 Å². The Kier molecular flexibility index (Phi) is 7.62. The second-order valence-corrected chi connectivity index (χ2v) is 5.76. The summed E-state index contributed by atoms with van der Waals surface area (Å²) in [5.41, 5.74) is 0.785. The van der Waals surface area contributed by atoms with Crippen LogP contribution in [0.25, 0.3) is 0 Å². The third-order valence-corrected chi connectivity index (χ3v) is 3.77. The van der Waals surface area contributed by atoms with Crippen LogP contribution in [-0.2, 0) is 20.9 Å². The van der Waals surface area contributed by atoms with Crippen molar-refractivity contribution in [3.8, 4) is 17.2 Å². The minimum absolute atomic E-state index is 0.0648. The van der Waals surface area contributed by atoms with Gasteiger partial charge in [-0.1, -0.05) is 18.2 Å². The normalized spacial score (nSPS) is 11.3. The number of para-hydroxylation sites is 1. The quantitative estimate of drug-likeness (QED) is 0.662. The summed E-state index contributed by atoms with van der Waals surface area (Å²) in [6.07, 6.45) is -1.03. The van der Waals surface area contributed by atoms with Crippen LogP contribution in [0.1, 0.15) is 12.5 Å². The van der Waals surface area contributed by atoms with Crippen molar-refractivity contribution in [2.24, 2.45) is 0 Å². The van der Waals surface area contributed by atoms with E-state index in [4.69, 9.17) is 18.9 Å². The number of hydrogen-bond acceptors (Lipinski definition) is 6. The first-order valence-corrected chi connectivity index (χ1v) is 8.50. The Labute approximate surface area is 162 Å². The van der Waals surface area contributed by atoms with Gasteiger partial charge in [0, 0.05) is 6.54 Å². The zero-order valence-electron chi connectivity index (χ0n) is 15.9. The lowest BCUT2D eigenvalue weighted by atomic mass is 10.2. The fourth-order valence-corrected chi connectivity index (χ4v) is 2.31. The summed E-state index contributed by atoms with van der Waals surface area (Å²) < 4.78 is 33.8. The Morgan fingerprint density at radius 3 is 2.43 bits per heavy atom. The summed E-state index contributed by atoms with van der Waals surface area (Å²) in [5, 5.41) is 2.66. The van der Waals surface area contributed by atoms with E-state index in [-0.39, 0.29) is 12.3 Å². The molecule has 2 aromatic rings. The average Bonchev–Trinajstić information content (AvgIpc) is 2.71. The van der Waals surface area contributed by atoms with Gasteiger partial charge in [0.15, 0.2) is 35.8 Å². The minimum Gasteiger partial charge on any atom is -0.493 e. The molecule has 1 amide bonds. The van der Waals surface area contributed by atoms with Gasteiger partial charge in [0.05, 0.1) is 14.2 Å². The van der Waals surface area contributed by atoms with Gasteiger partial charge in [-0.2, -0.15) is 0 Å². The number of rotatable bonds is 9. The lowest BCUT2D eigenvalue weighted by molar-refractivity contribution is -0.156. The van der Waals surface area contributed by atoms with Crippen molar-refractivity contribution in [3.05, 3.63) is 53.8 Å². The first-order valence-electron chi connectivity index (χ1n) is 8.50. The molecule has 0 aliphatic heterocycles. The lowest BCUT2D eigenvalue weighted by Crippen LogP contribution is -2.36. The van der Waals surface area contributed by atoms with Gasteiger partial charge in [0.1, 0.15) is 0 Å². The third kappa shape index (κ3) is 5.87. The molecule has 2 aromatic carbocycles. The molecule has 0 aliphatic rings. The van der Waals surface area contributed by atoms with E-state index in [1.165, 1.54) is 39.3 Å². The summed E-state index contributed by atoms with van der Waals surface area (Å²) in [7, 11) is 3.05. The number of amides is 1. The summed E-state index contributed by atoms with van der Waals surface area (Å²) in [5.74, 6) is -0.791. The number of methoxy groups -OCH3 is 2. The molecular formula is C20H22FNO6. The van der Waals surface area contributed by atoms with Crippen LogP contribution in [-0.4, -0.2) is 38.8 Å². The van der Waals surface area contributed by atoms with Crippen molar-refractivity contribution in [1.29, 1.82) is 0 Å². The number of hydrogen-bond donors (Lipinski definition) is 1. The number of ether oxygens (including phenoxy) is 4. The minimum atomic E-state index is -1.03. The molecule has 2 rings (SSSR count). The van der Waals surface area contributed by atoms with Gasteiger partial charge < -0.3 is 24.3 Å². The van der Waals surface area contributed by atoms with Crippen LogP contribution >= 0.6 is 0 Å². The lowest BCUT2D eigenvalue weighted by Gasteiger charge is -2.15. The molecule has 7 nitrogen and oxygen atoms in total. The van der Waals surface area contributed by atoms with Crippen LogP contribution in [0.4, 0.5) is 4.39 Å². The maximum atomic E-state index is 13.4. The van der Waals surface area contributed by atoms with Crippen molar-refractivity contribution in [3.63, 3.8) is 0 Å². The molecule has 0 aromatic heterocycles. The number of esters is 1. The van der Waals surface area contributed by atoms with Gasteiger partial charge in [0.25, 0.3) is 5.91 Å². The number of carbonyl (C=O) groups is 2. The molecule has 1 unspecified atom stereocenters. The standard InChI is InChI=1S/C20H22FNO6/c1-13(28-19(23)12-27-16-7-5-4-6-15(16)21)20(24)22-11-14-8-9-17(25-2)18(10-14)26-3/h4-10,13H,11-12H2,1-3H3,(H,22,24). The van der Waals surface area contributed by atoms with Crippen molar-refractivity contribution in [2.75, 3.05) is 20.8 Å². The number of carbonyl (C=O) groups excluding carboxylic acids is 2. The zero-order valence-corrected chi connectivity index (χ0v) is 15.9. The average molecular weight is 391 g/mol. The number of halogens is 1. The Bertz CT molecular complexity index is 826. The molecule has 0 aliphatic carbocycles. The molecule has 0 bridgehead atoms. The Balaban J connectivity index is 1.80. The Morgan fingerprint density at radius 1 is 1.04 bits per heavy atom. The zero-order chi connectivity index (χ0) is 20.5. The maximum absolute atomic E-state index is 13.4. The number of nitrogens with one attached hydrogen (secondary N) is 1. The van der Waals surface area contributed by atoms with Crippen molar-refractivity contribution >= 4 is 11.9 Å². The highest BCUT2D eigenvalue weighted by atomic mass is 19.1. The summed E-state index contributed by atoms with van der Waals surface area (Å²) in [6, 6.07) is 10.9. The summed E-state index contributed by atoms with van der Waals surface area (Å²) in [6.45, 7) is 1.14. The van der Waals surface area contributed by atoms with Crippen LogP contribution in [0.15, 0.2) is 42.5 Å². The largest absolute Gasteiger partial charge is 0.493 e. The van der Waals surface area contributed by atoms with Crippen LogP contribution in [0, 0.1) is 5.82 Å². The first kappa shape index (κ1) is 21.0. The Hall–Kier alpha value is -3.29. The molecule has 1 N–H and O–H groups in total. The van der Waals surface area contributed by atoms with Gasteiger partial charge in [-0.3, -0.25) is 4.79 Å². The van der Waals surface area contributed by atoms with Gasteiger partial charge >= 0.3 is 5.97 Å². The fraction of sp³-hybridized carbons (Fsp3) is 0.300. The molecule has 0 saturated heterocycles. The van der Waals surface area contributed by atoms with Crippen LogP contribution < -0.4 is 19.5 Å². The monoisotopic (exact) mass is 391 g/mol. The highest BCUT2D eigenvalue weighted by Gasteiger charge is 2.18. The van der Waals surface area contributed by atoms with Crippen LogP contribution in [0.2, 0.25) is 0 Å². The van der Waals surface area contributed by atoms with Crippen molar-refractivity contribution in [2.45, 2.75) is 19.6 Å². The second kappa shape index (κ2) is 10.1.